The number of rotatable bonds is 6. The molecule has 308 valence electrons. The molecule has 0 saturated carbocycles. The minimum Gasteiger partial charge on any atom is -0.481 e. The van der Waals surface area contributed by atoms with Crippen molar-refractivity contribution in [2.24, 2.45) is 5.41 Å². The van der Waals surface area contributed by atoms with E-state index in [1.165, 1.54) is 13.0 Å². The Balaban J connectivity index is 0. The van der Waals surface area contributed by atoms with Gasteiger partial charge < -0.3 is 39.7 Å². The summed E-state index contributed by atoms with van der Waals surface area (Å²) in [6, 6.07) is 4.10. The minimum absolute atomic E-state index is 0.262. The summed E-state index contributed by atoms with van der Waals surface area (Å²) in [6.45, 7) is 9.20. The van der Waals surface area contributed by atoms with Crippen LogP contribution in [-0.2, 0) is 30.5 Å². The highest BCUT2D eigenvalue weighted by Crippen LogP contribution is 2.34. The van der Waals surface area contributed by atoms with Crippen LogP contribution < -0.4 is 4.74 Å². The number of carbonyl (C=O) groups is 4. The second-order valence-corrected chi connectivity index (χ2v) is 11.0. The molecular formula is C27H36F12N4O10. The van der Waals surface area contributed by atoms with Crippen LogP contribution in [0, 0.1) is 5.41 Å². The van der Waals surface area contributed by atoms with Crippen molar-refractivity contribution in [2.45, 2.75) is 37.7 Å². The fraction of sp³-hybridized carbons (Fsp3) is 0.667. The van der Waals surface area contributed by atoms with Gasteiger partial charge in [-0.2, -0.15) is 52.7 Å². The van der Waals surface area contributed by atoms with Crippen molar-refractivity contribution in [1.29, 1.82) is 0 Å². The Morgan fingerprint density at radius 3 is 1.58 bits per heavy atom. The largest absolute Gasteiger partial charge is 0.490 e. The van der Waals surface area contributed by atoms with Crippen LogP contribution in [0.15, 0.2) is 18.3 Å². The molecule has 0 radical (unpaired) electrons. The normalized spacial score (nSPS) is 18.0. The summed E-state index contributed by atoms with van der Waals surface area (Å²) in [5.41, 5.74) is 1.42. The van der Waals surface area contributed by atoms with E-state index >= 15 is 0 Å². The smallest absolute Gasteiger partial charge is 0.481 e. The van der Waals surface area contributed by atoms with E-state index in [1.54, 1.807) is 13.3 Å². The fourth-order valence-electron chi connectivity index (χ4n) is 3.99. The van der Waals surface area contributed by atoms with Gasteiger partial charge in [0.25, 0.3) is 0 Å². The maximum Gasteiger partial charge on any atom is 0.490 e. The zero-order valence-electron chi connectivity index (χ0n) is 27.9. The Morgan fingerprint density at radius 1 is 0.792 bits per heavy atom. The van der Waals surface area contributed by atoms with E-state index in [4.69, 9.17) is 49.1 Å². The van der Waals surface area contributed by atoms with Gasteiger partial charge in [-0.25, -0.2) is 24.2 Å². The molecule has 1 unspecified atom stereocenters. The summed E-state index contributed by atoms with van der Waals surface area (Å²) in [5.74, 6) is -10.3. The van der Waals surface area contributed by atoms with Gasteiger partial charge in [-0.15, -0.1) is 0 Å². The Labute approximate surface area is 292 Å². The monoisotopic (exact) mass is 804 g/mol. The molecule has 2 fully saturated rings. The Hall–Kier alpha value is -4.17. The number of methoxy groups -OCH3 is 1. The highest BCUT2D eigenvalue weighted by atomic mass is 19.4. The zero-order chi connectivity index (χ0) is 42.0. The number of aliphatic carboxylic acids is 4. The number of likely N-dealkylation sites (N-methyl/N-ethyl adjacent to an activating group) is 1. The van der Waals surface area contributed by atoms with Gasteiger partial charge in [0.2, 0.25) is 5.88 Å². The van der Waals surface area contributed by atoms with E-state index in [1.807, 2.05) is 6.07 Å². The van der Waals surface area contributed by atoms with Crippen LogP contribution in [0.2, 0.25) is 0 Å². The lowest BCUT2D eigenvalue weighted by molar-refractivity contribution is -0.193. The number of nitrogens with zero attached hydrogens (tertiary/aromatic N) is 4. The van der Waals surface area contributed by atoms with Crippen LogP contribution in [0.1, 0.15) is 12.0 Å². The predicted octanol–water partition coefficient (Wildman–Crippen LogP) is 3.71. The summed E-state index contributed by atoms with van der Waals surface area (Å²) < 4.78 is 138. The standard InChI is InChI=1S/C19H32N4O2.4C2HF3O2/c1-21(2)9-10-22-8-6-19(14-22)15-23(11-12-25-16-19)13-17-5-4-7-20-18(17)24-3;4*3-2(4,5)1(6)7/h4-5,7H,6,8-16H2,1-3H3;4*(H,6,7). The minimum atomic E-state index is -5.08. The van der Waals surface area contributed by atoms with Crippen molar-refractivity contribution in [3.63, 3.8) is 0 Å². The number of halogens is 12. The third-order valence-corrected chi connectivity index (χ3v) is 6.31. The lowest BCUT2D eigenvalue weighted by Gasteiger charge is -2.32. The van der Waals surface area contributed by atoms with Crippen LogP contribution >= 0.6 is 0 Å². The molecule has 3 rings (SSSR count). The quantitative estimate of drug-likeness (QED) is 0.305. The molecule has 1 atom stereocenters. The van der Waals surface area contributed by atoms with Gasteiger partial charge >= 0.3 is 48.6 Å². The SMILES string of the molecule is COc1ncccc1CN1CCOCC2(CCN(CCN(C)C)C2)C1.O=C(O)C(F)(F)F.O=C(O)C(F)(F)F.O=C(O)C(F)(F)F.O=C(O)C(F)(F)F. The van der Waals surface area contributed by atoms with Gasteiger partial charge in [-0.05, 0) is 33.1 Å². The number of pyridine rings is 1. The summed E-state index contributed by atoms with van der Waals surface area (Å²) in [7, 11) is 5.98. The summed E-state index contributed by atoms with van der Waals surface area (Å²) >= 11 is 0. The number of ether oxygens (including phenoxy) is 2. The first-order valence-electron chi connectivity index (χ1n) is 14.2. The Morgan fingerprint density at radius 2 is 1.21 bits per heavy atom. The van der Waals surface area contributed by atoms with Gasteiger partial charge in [0.15, 0.2) is 0 Å². The average molecular weight is 805 g/mol. The first kappa shape index (κ1) is 50.9. The highest BCUT2D eigenvalue weighted by Gasteiger charge is 2.42. The molecule has 26 heteroatoms. The molecule has 0 amide bonds. The summed E-state index contributed by atoms with van der Waals surface area (Å²) in [6.07, 6.45) is -17.3. The summed E-state index contributed by atoms with van der Waals surface area (Å²) in [5, 5.41) is 28.5. The van der Waals surface area contributed by atoms with Crippen molar-refractivity contribution >= 4 is 23.9 Å². The molecule has 3 heterocycles. The molecule has 53 heavy (non-hydrogen) atoms. The van der Waals surface area contributed by atoms with Crippen molar-refractivity contribution in [3.05, 3.63) is 23.9 Å². The Bertz CT molecular complexity index is 1200. The van der Waals surface area contributed by atoms with E-state index in [2.05, 4.69) is 39.8 Å². The second-order valence-electron chi connectivity index (χ2n) is 11.0. The number of hydrogen-bond acceptors (Lipinski definition) is 10. The molecule has 0 bridgehead atoms. The first-order chi connectivity index (χ1) is 23.9. The molecular weight excluding hydrogens is 768 g/mol. The van der Waals surface area contributed by atoms with Crippen molar-refractivity contribution in [2.75, 3.05) is 73.7 Å². The lowest BCUT2D eigenvalue weighted by Crippen LogP contribution is -2.41. The third-order valence-electron chi connectivity index (χ3n) is 6.31. The van der Waals surface area contributed by atoms with Crippen LogP contribution in [0.3, 0.4) is 0 Å². The van der Waals surface area contributed by atoms with Crippen LogP contribution in [0.25, 0.3) is 0 Å². The molecule has 14 nitrogen and oxygen atoms in total. The van der Waals surface area contributed by atoms with Crippen LogP contribution in [0.4, 0.5) is 52.7 Å². The first-order valence-corrected chi connectivity index (χ1v) is 14.2. The van der Waals surface area contributed by atoms with E-state index in [-0.39, 0.29) is 5.41 Å². The zero-order valence-corrected chi connectivity index (χ0v) is 27.9. The predicted molar refractivity (Wildman–Crippen MR) is 154 cm³/mol. The Kier molecular flexibility index (Phi) is 21.3. The maximum atomic E-state index is 10.6. The van der Waals surface area contributed by atoms with Crippen molar-refractivity contribution < 1.29 is 102 Å². The number of carboxylic acid groups (broad SMARTS) is 4. The molecule has 0 aliphatic carbocycles. The van der Waals surface area contributed by atoms with E-state index in [9.17, 15) is 52.7 Å². The summed E-state index contributed by atoms with van der Waals surface area (Å²) in [4.78, 5) is 47.3. The molecule has 2 aliphatic rings. The molecule has 1 aromatic heterocycles. The molecule has 0 aromatic carbocycles. The fourth-order valence-corrected chi connectivity index (χ4v) is 3.99. The number of carboxylic acids is 4. The third kappa shape index (κ3) is 23.2. The van der Waals surface area contributed by atoms with Crippen LogP contribution in [0.5, 0.6) is 5.88 Å². The second kappa shape index (κ2) is 22.1. The van der Waals surface area contributed by atoms with E-state index in [0.29, 0.717) is 0 Å². The lowest BCUT2D eigenvalue weighted by atomic mass is 9.87. The molecule has 1 spiro atoms. The molecule has 4 N–H and O–H groups in total. The van der Waals surface area contributed by atoms with Crippen molar-refractivity contribution in [1.82, 2.24) is 19.7 Å². The molecule has 2 saturated heterocycles. The van der Waals surface area contributed by atoms with Gasteiger partial charge in [0.1, 0.15) is 0 Å². The van der Waals surface area contributed by atoms with Gasteiger partial charge in [0.05, 0.1) is 20.3 Å². The van der Waals surface area contributed by atoms with Gasteiger partial charge in [-0.1, -0.05) is 6.07 Å². The molecule has 1 aromatic rings. The number of likely N-dealkylation sites (tertiary alicyclic amines) is 1. The molecule has 2 aliphatic heterocycles. The van der Waals surface area contributed by atoms with Gasteiger partial charge in [-0.3, -0.25) is 4.90 Å². The van der Waals surface area contributed by atoms with Gasteiger partial charge in [0, 0.05) is 56.4 Å². The van der Waals surface area contributed by atoms with Crippen molar-refractivity contribution in [3.8, 4) is 5.88 Å². The maximum absolute atomic E-state index is 10.6. The van der Waals surface area contributed by atoms with E-state index in [0.717, 1.165) is 63.9 Å². The highest BCUT2D eigenvalue weighted by molar-refractivity contribution is 5.74. The average Bonchev–Trinajstić information content (AvgIpc) is 3.29. The number of hydrogen-bond donors (Lipinski definition) is 4. The number of alkyl halides is 12. The topological polar surface area (TPSA) is 190 Å². The van der Waals surface area contributed by atoms with Crippen LogP contribution in [-0.4, -0.2) is 162 Å². The van der Waals surface area contributed by atoms with E-state index < -0.39 is 48.6 Å². The number of aromatic nitrogens is 1.